The lowest BCUT2D eigenvalue weighted by molar-refractivity contribution is 0.107. The predicted molar refractivity (Wildman–Crippen MR) is 96.2 cm³/mol. The van der Waals surface area contributed by atoms with Crippen molar-refractivity contribution in [2.24, 2.45) is 0 Å². The third-order valence-electron chi connectivity index (χ3n) is 5.66. The van der Waals surface area contributed by atoms with Gasteiger partial charge in [0.25, 0.3) is 0 Å². The lowest BCUT2D eigenvalue weighted by Crippen LogP contribution is -2.47. The molecular weight excluding hydrogens is 270 g/mol. The Morgan fingerprint density at radius 1 is 1.09 bits per heavy atom. The highest BCUT2D eigenvalue weighted by Crippen LogP contribution is 2.25. The van der Waals surface area contributed by atoms with Crippen LogP contribution in [0.25, 0.3) is 0 Å². The second-order valence-electron chi connectivity index (χ2n) is 7.24. The van der Waals surface area contributed by atoms with Crippen molar-refractivity contribution in [3.63, 3.8) is 0 Å². The molecule has 2 rings (SSSR count). The molecule has 128 valence electrons. The van der Waals surface area contributed by atoms with Gasteiger partial charge in [-0.25, -0.2) is 0 Å². The molecule has 0 aromatic carbocycles. The van der Waals surface area contributed by atoms with Crippen molar-refractivity contribution in [2.45, 2.75) is 65.3 Å². The molecule has 0 saturated carbocycles. The third-order valence-corrected chi connectivity index (χ3v) is 5.66. The van der Waals surface area contributed by atoms with Crippen LogP contribution in [0.2, 0.25) is 0 Å². The first kappa shape index (κ1) is 17.8. The van der Waals surface area contributed by atoms with E-state index in [1.165, 1.54) is 71.2 Å². The Balaban J connectivity index is 1.77. The number of nitrogens with zero attached hydrogens (tertiary/aromatic N) is 3. The molecule has 2 aliphatic heterocycles. The Labute approximate surface area is 138 Å². The molecule has 1 fully saturated rings. The zero-order valence-corrected chi connectivity index (χ0v) is 15.4. The molecule has 0 spiro atoms. The van der Waals surface area contributed by atoms with Gasteiger partial charge in [0, 0.05) is 44.8 Å². The molecule has 22 heavy (non-hydrogen) atoms. The van der Waals surface area contributed by atoms with Crippen LogP contribution in [0.4, 0.5) is 0 Å². The average molecular weight is 308 g/mol. The fraction of sp³-hybridized carbons (Fsp3) is 0.895. The molecule has 0 amide bonds. The summed E-state index contributed by atoms with van der Waals surface area (Å²) in [5, 5.41) is 0. The summed E-state index contributed by atoms with van der Waals surface area (Å²) in [6.45, 7) is 14.4. The number of hydrogen-bond donors (Lipinski definition) is 0. The van der Waals surface area contributed by atoms with Gasteiger partial charge in [-0.3, -0.25) is 4.90 Å². The van der Waals surface area contributed by atoms with Crippen LogP contribution in [0.5, 0.6) is 0 Å². The van der Waals surface area contributed by atoms with E-state index in [1.807, 2.05) is 0 Å². The fourth-order valence-electron chi connectivity index (χ4n) is 4.05. The van der Waals surface area contributed by atoms with Gasteiger partial charge in [-0.2, -0.15) is 0 Å². The van der Waals surface area contributed by atoms with E-state index >= 15 is 0 Å². The van der Waals surface area contributed by atoms with E-state index in [0.29, 0.717) is 0 Å². The maximum atomic E-state index is 2.76. The van der Waals surface area contributed by atoms with Crippen molar-refractivity contribution in [2.75, 3.05) is 46.3 Å². The van der Waals surface area contributed by atoms with E-state index in [4.69, 9.17) is 0 Å². The van der Waals surface area contributed by atoms with Crippen LogP contribution in [0.1, 0.15) is 59.3 Å². The van der Waals surface area contributed by atoms with Crippen molar-refractivity contribution >= 4 is 0 Å². The molecule has 0 aromatic heterocycles. The summed E-state index contributed by atoms with van der Waals surface area (Å²) in [6, 6.07) is 0.825. The minimum atomic E-state index is 0.825. The maximum absolute atomic E-state index is 2.76. The lowest BCUT2D eigenvalue weighted by atomic mass is 9.98. The first-order chi connectivity index (χ1) is 10.7. The van der Waals surface area contributed by atoms with E-state index in [2.05, 4.69) is 42.5 Å². The van der Waals surface area contributed by atoms with Crippen LogP contribution in [0, 0.1) is 0 Å². The number of rotatable bonds is 7. The number of piperidine rings is 1. The average Bonchev–Trinajstić information content (AvgIpc) is 2.55. The van der Waals surface area contributed by atoms with E-state index in [9.17, 15) is 0 Å². The van der Waals surface area contributed by atoms with Crippen molar-refractivity contribution in [3.8, 4) is 0 Å². The van der Waals surface area contributed by atoms with Gasteiger partial charge >= 0.3 is 0 Å². The summed E-state index contributed by atoms with van der Waals surface area (Å²) in [5.74, 6) is 0. The molecule has 0 aromatic rings. The normalized spacial score (nSPS) is 22.4. The van der Waals surface area contributed by atoms with Gasteiger partial charge in [-0.05, 0) is 58.3 Å². The summed E-state index contributed by atoms with van der Waals surface area (Å²) in [7, 11) is 2.24. The molecule has 0 N–H and O–H groups in total. The van der Waals surface area contributed by atoms with Crippen LogP contribution in [-0.4, -0.2) is 67.1 Å². The van der Waals surface area contributed by atoms with Crippen LogP contribution >= 0.6 is 0 Å². The SMILES string of the molecule is CCCCCN1CCC(N2CCC(N(C)CC)=C(C)C2)CC1. The van der Waals surface area contributed by atoms with Gasteiger partial charge in [0.15, 0.2) is 0 Å². The second kappa shape index (κ2) is 8.93. The maximum Gasteiger partial charge on any atom is 0.0213 e. The predicted octanol–water partition coefficient (Wildman–Crippen LogP) is 3.57. The van der Waals surface area contributed by atoms with Gasteiger partial charge in [0.2, 0.25) is 0 Å². The Morgan fingerprint density at radius 3 is 2.41 bits per heavy atom. The summed E-state index contributed by atoms with van der Waals surface area (Å²) in [4.78, 5) is 7.88. The van der Waals surface area contributed by atoms with Gasteiger partial charge < -0.3 is 9.80 Å². The van der Waals surface area contributed by atoms with Crippen LogP contribution in [-0.2, 0) is 0 Å². The Morgan fingerprint density at radius 2 is 1.82 bits per heavy atom. The van der Waals surface area contributed by atoms with Gasteiger partial charge in [-0.15, -0.1) is 0 Å². The summed E-state index contributed by atoms with van der Waals surface area (Å²) in [5.41, 5.74) is 3.19. The Hall–Kier alpha value is -0.540. The van der Waals surface area contributed by atoms with Gasteiger partial charge in [-0.1, -0.05) is 19.8 Å². The largest absolute Gasteiger partial charge is 0.378 e. The Bertz CT molecular complexity index is 356. The molecule has 0 aliphatic carbocycles. The van der Waals surface area contributed by atoms with Crippen LogP contribution < -0.4 is 0 Å². The minimum Gasteiger partial charge on any atom is -0.378 e. The third kappa shape index (κ3) is 4.73. The summed E-state index contributed by atoms with van der Waals surface area (Å²) >= 11 is 0. The van der Waals surface area contributed by atoms with Crippen LogP contribution in [0.15, 0.2) is 11.3 Å². The van der Waals surface area contributed by atoms with Crippen LogP contribution in [0.3, 0.4) is 0 Å². The molecule has 0 unspecified atom stereocenters. The first-order valence-electron chi connectivity index (χ1n) is 9.51. The standard InChI is InChI=1S/C19H37N3/c1-5-7-8-12-21-13-9-18(10-14-21)22-15-11-19(17(3)16-22)20(4)6-2/h18H,5-16H2,1-4H3. The van der Waals surface area contributed by atoms with Crippen molar-refractivity contribution < 1.29 is 0 Å². The monoisotopic (exact) mass is 307 g/mol. The highest BCUT2D eigenvalue weighted by atomic mass is 15.2. The minimum absolute atomic E-state index is 0.825. The van der Waals surface area contributed by atoms with E-state index in [-0.39, 0.29) is 0 Å². The highest BCUT2D eigenvalue weighted by Gasteiger charge is 2.27. The molecule has 2 aliphatic rings. The highest BCUT2D eigenvalue weighted by molar-refractivity contribution is 5.16. The molecule has 0 bridgehead atoms. The van der Waals surface area contributed by atoms with E-state index < -0.39 is 0 Å². The van der Waals surface area contributed by atoms with Crippen molar-refractivity contribution in [3.05, 3.63) is 11.3 Å². The number of unbranched alkanes of at least 4 members (excludes halogenated alkanes) is 2. The van der Waals surface area contributed by atoms with Gasteiger partial charge in [0.05, 0.1) is 0 Å². The van der Waals surface area contributed by atoms with E-state index in [0.717, 1.165) is 12.6 Å². The van der Waals surface area contributed by atoms with E-state index in [1.54, 1.807) is 11.3 Å². The molecule has 0 radical (unpaired) electrons. The quantitative estimate of drug-likeness (QED) is 0.666. The number of likely N-dealkylation sites (tertiary alicyclic amines) is 1. The topological polar surface area (TPSA) is 9.72 Å². The molecule has 1 saturated heterocycles. The van der Waals surface area contributed by atoms with Crippen molar-refractivity contribution in [1.29, 1.82) is 0 Å². The molecule has 3 heteroatoms. The van der Waals surface area contributed by atoms with Gasteiger partial charge in [0.1, 0.15) is 0 Å². The summed E-state index contributed by atoms with van der Waals surface area (Å²) in [6.07, 6.45) is 8.11. The molecule has 2 heterocycles. The molecule has 3 nitrogen and oxygen atoms in total. The smallest absolute Gasteiger partial charge is 0.0213 e. The summed E-state index contributed by atoms with van der Waals surface area (Å²) < 4.78 is 0. The van der Waals surface area contributed by atoms with Crippen molar-refractivity contribution in [1.82, 2.24) is 14.7 Å². The second-order valence-corrected chi connectivity index (χ2v) is 7.24. The lowest BCUT2D eigenvalue weighted by Gasteiger charge is -2.42. The fourth-order valence-corrected chi connectivity index (χ4v) is 4.05. The first-order valence-corrected chi connectivity index (χ1v) is 9.51. The zero-order valence-electron chi connectivity index (χ0n) is 15.4. The molecule has 0 atom stereocenters. The number of hydrogen-bond acceptors (Lipinski definition) is 3. The zero-order chi connectivity index (χ0) is 15.9. The Kier molecular flexibility index (Phi) is 7.23. The molecular formula is C19H37N3.